The quantitative estimate of drug-likeness (QED) is 0.623. The third-order valence-electron chi connectivity index (χ3n) is 4.38. The predicted molar refractivity (Wildman–Crippen MR) is 114 cm³/mol. The second-order valence-corrected chi connectivity index (χ2v) is 7.74. The Hall–Kier alpha value is -3.28. The Balaban J connectivity index is 0.000000360. The number of benzene rings is 1. The number of carbonyl (C=O) groups is 1. The zero-order valence-electron chi connectivity index (χ0n) is 17.0. The largest absolute Gasteiger partial charge is 0.497 e. The van der Waals surface area contributed by atoms with Crippen LogP contribution in [0.1, 0.15) is 0 Å². The molecule has 1 aliphatic heterocycles. The van der Waals surface area contributed by atoms with Gasteiger partial charge < -0.3 is 14.7 Å². The lowest BCUT2D eigenvalue weighted by molar-refractivity contribution is -0.192. The van der Waals surface area contributed by atoms with E-state index in [-0.39, 0.29) is 0 Å². The molecule has 1 aromatic carbocycles. The number of aliphatic carboxylic acids is 1. The van der Waals surface area contributed by atoms with Crippen molar-refractivity contribution in [2.45, 2.75) is 6.18 Å². The van der Waals surface area contributed by atoms with Gasteiger partial charge in [0.25, 0.3) is 0 Å². The van der Waals surface area contributed by atoms with Crippen LogP contribution in [0.25, 0.3) is 16.9 Å². The van der Waals surface area contributed by atoms with E-state index in [0.717, 1.165) is 53.2 Å². The van der Waals surface area contributed by atoms with Gasteiger partial charge in [0.05, 0.1) is 24.7 Å². The van der Waals surface area contributed by atoms with E-state index in [0.29, 0.717) is 0 Å². The van der Waals surface area contributed by atoms with Gasteiger partial charge >= 0.3 is 12.1 Å². The number of halogens is 3. The Morgan fingerprint density at radius 1 is 1.22 bits per heavy atom. The van der Waals surface area contributed by atoms with Gasteiger partial charge in [0.2, 0.25) is 5.95 Å². The summed E-state index contributed by atoms with van der Waals surface area (Å²) in [6.45, 7) is 1.99. The first kappa shape index (κ1) is 23.4. The topological polar surface area (TPSA) is 93.4 Å². The average Bonchev–Trinajstić information content (AvgIpc) is 3.30. The van der Waals surface area contributed by atoms with E-state index in [9.17, 15) is 13.2 Å². The predicted octanol–water partition coefficient (Wildman–Crippen LogP) is 3.52. The highest BCUT2D eigenvalue weighted by Crippen LogP contribution is 2.23. The number of hydrogen-bond acceptors (Lipinski definition) is 7. The SMILES string of the molecule is COc1cccc(-n2cc(-c3ccnc(N4CCSCC4)n3)cn2)c1.O=C(O)C(F)(F)F. The number of anilines is 1. The number of hydrogen-bond donors (Lipinski definition) is 1. The molecule has 0 atom stereocenters. The molecule has 0 spiro atoms. The minimum absolute atomic E-state index is 0.798. The van der Waals surface area contributed by atoms with Gasteiger partial charge in [0.1, 0.15) is 5.75 Å². The van der Waals surface area contributed by atoms with E-state index in [2.05, 4.69) is 15.0 Å². The minimum atomic E-state index is -5.08. The molecule has 0 aliphatic carbocycles. The Morgan fingerprint density at radius 3 is 2.59 bits per heavy atom. The van der Waals surface area contributed by atoms with Crippen LogP contribution in [0.15, 0.2) is 48.9 Å². The molecule has 4 rings (SSSR count). The fourth-order valence-corrected chi connectivity index (χ4v) is 3.68. The van der Waals surface area contributed by atoms with Crippen LogP contribution < -0.4 is 9.64 Å². The Bertz CT molecular complexity index is 1050. The molecule has 2 aromatic heterocycles. The fraction of sp³-hybridized carbons (Fsp3) is 0.300. The molecule has 12 heteroatoms. The summed E-state index contributed by atoms with van der Waals surface area (Å²) < 4.78 is 38.8. The maximum absolute atomic E-state index is 10.6. The molecule has 0 unspecified atom stereocenters. The lowest BCUT2D eigenvalue weighted by atomic mass is 10.2. The van der Waals surface area contributed by atoms with Crippen molar-refractivity contribution in [3.8, 4) is 22.7 Å². The average molecular weight is 467 g/mol. The Morgan fingerprint density at radius 2 is 1.94 bits per heavy atom. The molecule has 32 heavy (non-hydrogen) atoms. The minimum Gasteiger partial charge on any atom is -0.497 e. The van der Waals surface area contributed by atoms with Crippen molar-refractivity contribution in [1.82, 2.24) is 19.7 Å². The summed E-state index contributed by atoms with van der Waals surface area (Å²) in [5.74, 6) is 1.10. The van der Waals surface area contributed by atoms with Crippen LogP contribution in [0.5, 0.6) is 5.75 Å². The molecule has 0 saturated carbocycles. The van der Waals surface area contributed by atoms with E-state index in [1.54, 1.807) is 7.11 Å². The summed E-state index contributed by atoms with van der Waals surface area (Å²) in [6.07, 6.45) is 0.548. The highest BCUT2D eigenvalue weighted by molar-refractivity contribution is 7.99. The first-order valence-corrected chi connectivity index (χ1v) is 10.6. The van der Waals surface area contributed by atoms with E-state index in [1.807, 2.05) is 65.4 Å². The van der Waals surface area contributed by atoms with Gasteiger partial charge in [-0.15, -0.1) is 0 Å². The van der Waals surface area contributed by atoms with E-state index >= 15 is 0 Å². The van der Waals surface area contributed by atoms with Crippen molar-refractivity contribution in [3.05, 3.63) is 48.9 Å². The maximum atomic E-state index is 10.6. The molecule has 1 fully saturated rings. The second-order valence-electron chi connectivity index (χ2n) is 6.52. The van der Waals surface area contributed by atoms with Crippen LogP contribution in [-0.2, 0) is 4.79 Å². The van der Waals surface area contributed by atoms with Crippen LogP contribution in [-0.4, -0.2) is 68.7 Å². The van der Waals surface area contributed by atoms with E-state index < -0.39 is 12.1 Å². The lowest BCUT2D eigenvalue weighted by Crippen LogP contribution is -2.33. The van der Waals surface area contributed by atoms with Crippen LogP contribution in [0.3, 0.4) is 0 Å². The normalized spacial score (nSPS) is 13.8. The molecule has 8 nitrogen and oxygen atoms in total. The van der Waals surface area contributed by atoms with Gasteiger partial charge in [-0.25, -0.2) is 19.4 Å². The highest BCUT2D eigenvalue weighted by atomic mass is 32.2. The fourth-order valence-electron chi connectivity index (χ4n) is 2.77. The summed E-state index contributed by atoms with van der Waals surface area (Å²) in [5.41, 5.74) is 2.81. The third kappa shape index (κ3) is 6.13. The summed E-state index contributed by atoms with van der Waals surface area (Å²) >= 11 is 1.98. The van der Waals surface area contributed by atoms with Crippen LogP contribution in [0, 0.1) is 0 Å². The summed E-state index contributed by atoms with van der Waals surface area (Å²) in [4.78, 5) is 20.3. The third-order valence-corrected chi connectivity index (χ3v) is 5.32. The van der Waals surface area contributed by atoms with E-state index in [1.165, 1.54) is 0 Å². The van der Waals surface area contributed by atoms with Crippen molar-refractivity contribution in [3.63, 3.8) is 0 Å². The molecule has 170 valence electrons. The van der Waals surface area contributed by atoms with Crippen molar-refractivity contribution >= 4 is 23.7 Å². The van der Waals surface area contributed by atoms with Gasteiger partial charge in [-0.3, -0.25) is 0 Å². The number of thioether (sulfide) groups is 1. The number of alkyl halides is 3. The molecule has 1 N–H and O–H groups in total. The Labute approximate surface area is 186 Å². The van der Waals surface area contributed by atoms with Gasteiger partial charge in [-0.1, -0.05) is 6.07 Å². The molecule has 0 bridgehead atoms. The molecule has 3 aromatic rings. The van der Waals surface area contributed by atoms with Gasteiger partial charge in [0, 0.05) is 48.6 Å². The zero-order valence-corrected chi connectivity index (χ0v) is 17.8. The van der Waals surface area contributed by atoms with Gasteiger partial charge in [0.15, 0.2) is 0 Å². The lowest BCUT2D eigenvalue weighted by Gasteiger charge is -2.26. The zero-order chi connectivity index (χ0) is 23.1. The summed E-state index contributed by atoms with van der Waals surface area (Å²) in [5, 5.41) is 11.6. The first-order valence-electron chi connectivity index (χ1n) is 9.43. The second kappa shape index (κ2) is 10.4. The number of carboxylic acids is 1. The molecule has 1 aliphatic rings. The van der Waals surface area contributed by atoms with Gasteiger partial charge in [-0.05, 0) is 18.2 Å². The molecule has 0 radical (unpaired) electrons. The number of nitrogens with zero attached hydrogens (tertiary/aromatic N) is 5. The van der Waals surface area contributed by atoms with Crippen molar-refractivity contribution in [1.29, 1.82) is 0 Å². The van der Waals surface area contributed by atoms with Crippen LogP contribution >= 0.6 is 11.8 Å². The number of carboxylic acid groups (broad SMARTS) is 1. The van der Waals surface area contributed by atoms with Crippen LogP contribution in [0.2, 0.25) is 0 Å². The smallest absolute Gasteiger partial charge is 0.490 e. The number of rotatable bonds is 4. The van der Waals surface area contributed by atoms with Gasteiger partial charge in [-0.2, -0.15) is 30.0 Å². The Kier molecular flexibility index (Phi) is 7.57. The summed E-state index contributed by atoms with van der Waals surface area (Å²) in [7, 11) is 1.66. The molecule has 3 heterocycles. The van der Waals surface area contributed by atoms with Crippen molar-refractivity contribution < 1.29 is 27.8 Å². The highest BCUT2D eigenvalue weighted by Gasteiger charge is 2.38. The number of ether oxygens (including phenoxy) is 1. The molecular formula is C20H20F3N5O3S. The van der Waals surface area contributed by atoms with Crippen molar-refractivity contribution in [2.75, 3.05) is 36.6 Å². The molecule has 0 amide bonds. The standard InChI is InChI=1S/C18H19N5OS.C2HF3O2/c1-24-16-4-2-3-15(11-16)23-13-14(12-20-23)17-5-6-19-18(21-17)22-7-9-25-10-8-22;3-2(4,5)1(6)7/h2-6,11-13H,7-10H2,1H3;(H,6,7). The monoisotopic (exact) mass is 467 g/mol. The number of aromatic nitrogens is 4. The summed E-state index contributed by atoms with van der Waals surface area (Å²) in [6, 6.07) is 9.74. The maximum Gasteiger partial charge on any atom is 0.490 e. The van der Waals surface area contributed by atoms with Crippen LogP contribution in [0.4, 0.5) is 19.1 Å². The molecule has 1 saturated heterocycles. The van der Waals surface area contributed by atoms with Crippen molar-refractivity contribution in [2.24, 2.45) is 0 Å². The number of methoxy groups -OCH3 is 1. The van der Waals surface area contributed by atoms with E-state index in [4.69, 9.17) is 19.6 Å². The molecular weight excluding hydrogens is 447 g/mol. The first-order chi connectivity index (χ1) is 15.3.